The van der Waals surface area contributed by atoms with E-state index >= 15 is 0 Å². The van der Waals surface area contributed by atoms with Gasteiger partial charge >= 0.3 is 6.18 Å². The van der Waals surface area contributed by atoms with E-state index in [2.05, 4.69) is 4.98 Å². The maximum atomic E-state index is 13.5. The predicted octanol–water partition coefficient (Wildman–Crippen LogP) is 3.11. The zero-order chi connectivity index (χ0) is 19.8. The highest BCUT2D eigenvalue weighted by atomic mass is 32.1. The van der Waals surface area contributed by atoms with E-state index in [0.717, 1.165) is 6.20 Å². The molecule has 1 unspecified atom stereocenters. The monoisotopic (exact) mass is 397 g/mol. The molecule has 0 saturated carbocycles. The lowest BCUT2D eigenvalue weighted by atomic mass is 10.1. The van der Waals surface area contributed by atoms with Crippen LogP contribution in [0, 0.1) is 6.92 Å². The summed E-state index contributed by atoms with van der Waals surface area (Å²) in [4.78, 5) is 29.2. The van der Waals surface area contributed by atoms with Crippen molar-refractivity contribution in [3.63, 3.8) is 0 Å². The number of thiazole rings is 1. The molecule has 2 aromatic heterocycles. The summed E-state index contributed by atoms with van der Waals surface area (Å²) in [5.74, 6) is -0.766. The van der Waals surface area contributed by atoms with Gasteiger partial charge in [-0.3, -0.25) is 14.0 Å². The predicted molar refractivity (Wildman–Crippen MR) is 93.3 cm³/mol. The van der Waals surface area contributed by atoms with Gasteiger partial charge in [0.1, 0.15) is 11.3 Å². The molecule has 0 fully saturated rings. The van der Waals surface area contributed by atoms with Gasteiger partial charge < -0.3 is 10.1 Å². The Morgan fingerprint density at radius 2 is 1.96 bits per heavy atom. The highest BCUT2D eigenvalue weighted by Crippen LogP contribution is 2.33. The van der Waals surface area contributed by atoms with Crippen molar-refractivity contribution in [1.82, 2.24) is 14.7 Å². The second-order valence-corrected chi connectivity index (χ2v) is 6.53. The quantitative estimate of drug-likeness (QED) is 0.734. The van der Waals surface area contributed by atoms with E-state index in [-0.39, 0.29) is 5.56 Å². The van der Waals surface area contributed by atoms with Crippen molar-refractivity contribution in [1.29, 1.82) is 0 Å². The lowest BCUT2D eigenvalue weighted by Gasteiger charge is -2.22. The van der Waals surface area contributed by atoms with E-state index in [4.69, 9.17) is 4.74 Å². The first-order valence-electron chi connectivity index (χ1n) is 7.69. The number of rotatable bonds is 4. The molecule has 3 aromatic rings. The molecule has 27 heavy (non-hydrogen) atoms. The number of nitrogens with zero attached hydrogens (tertiary/aromatic N) is 2. The van der Waals surface area contributed by atoms with Crippen LogP contribution in [0.3, 0.4) is 0 Å². The molecule has 0 aliphatic rings. The van der Waals surface area contributed by atoms with Crippen LogP contribution >= 0.6 is 11.3 Å². The Hall–Kier alpha value is -2.88. The highest BCUT2D eigenvalue weighted by Gasteiger charge is 2.42. The van der Waals surface area contributed by atoms with Gasteiger partial charge in [-0.05, 0) is 24.6 Å². The number of hydrogen-bond donors (Lipinski definition) is 1. The van der Waals surface area contributed by atoms with Crippen LogP contribution in [-0.4, -0.2) is 28.6 Å². The molecule has 6 nitrogen and oxygen atoms in total. The molecule has 0 bridgehead atoms. The average molecular weight is 397 g/mol. The van der Waals surface area contributed by atoms with Gasteiger partial charge in [0.05, 0.1) is 7.11 Å². The first kappa shape index (κ1) is 18.9. The number of fused-ring (bicyclic) bond motifs is 1. The largest absolute Gasteiger partial charge is 0.497 e. The molecule has 10 heteroatoms. The number of ether oxygens (including phenoxy) is 1. The number of carbonyl (C=O) groups is 1. The van der Waals surface area contributed by atoms with Crippen LogP contribution in [0.1, 0.15) is 27.7 Å². The number of benzene rings is 1. The second-order valence-electron chi connectivity index (χ2n) is 5.69. The zero-order valence-corrected chi connectivity index (χ0v) is 15.0. The molecule has 1 amide bonds. The topological polar surface area (TPSA) is 72.7 Å². The number of aryl methyl sites for hydroxylation is 1. The van der Waals surface area contributed by atoms with Gasteiger partial charge in [-0.15, -0.1) is 11.3 Å². The Morgan fingerprint density at radius 3 is 2.56 bits per heavy atom. The number of hydrogen-bond acceptors (Lipinski definition) is 5. The van der Waals surface area contributed by atoms with Crippen LogP contribution in [0.2, 0.25) is 0 Å². The lowest BCUT2D eigenvalue weighted by Crippen LogP contribution is -2.40. The smallest absolute Gasteiger partial charge is 0.412 e. The number of carbonyl (C=O) groups excluding carboxylic acids is 1. The first-order chi connectivity index (χ1) is 12.7. The summed E-state index contributed by atoms with van der Waals surface area (Å²) in [5, 5.41) is 3.56. The molecule has 0 aliphatic carbocycles. The summed E-state index contributed by atoms with van der Waals surface area (Å²) in [5.41, 5.74) is -0.814. The van der Waals surface area contributed by atoms with Crippen molar-refractivity contribution < 1.29 is 22.7 Å². The number of amides is 1. The van der Waals surface area contributed by atoms with Gasteiger partial charge in [0, 0.05) is 17.3 Å². The minimum Gasteiger partial charge on any atom is -0.497 e. The zero-order valence-electron chi connectivity index (χ0n) is 14.2. The molecule has 2 heterocycles. The molecule has 0 aliphatic heterocycles. The Labute approximate surface area is 155 Å². The van der Waals surface area contributed by atoms with Crippen LogP contribution in [-0.2, 0) is 0 Å². The van der Waals surface area contributed by atoms with Gasteiger partial charge in [0.2, 0.25) is 0 Å². The maximum Gasteiger partial charge on any atom is 0.412 e. The normalized spacial score (nSPS) is 12.8. The van der Waals surface area contributed by atoms with Crippen molar-refractivity contribution in [2.75, 3.05) is 7.11 Å². The Kier molecular flexibility index (Phi) is 4.92. The molecule has 3 rings (SSSR count). The molecule has 0 spiro atoms. The molecular formula is C17H14F3N3O3S. The molecule has 0 saturated heterocycles. The molecular weight excluding hydrogens is 383 g/mol. The second kappa shape index (κ2) is 7.03. The summed E-state index contributed by atoms with van der Waals surface area (Å²) < 4.78 is 46.6. The van der Waals surface area contributed by atoms with E-state index in [1.165, 1.54) is 47.1 Å². The summed E-state index contributed by atoms with van der Waals surface area (Å²) >= 11 is 1.20. The number of aromatic nitrogens is 2. The molecule has 142 valence electrons. The Balaban J connectivity index is 1.96. The van der Waals surface area contributed by atoms with Crippen molar-refractivity contribution in [3.8, 4) is 5.75 Å². The fourth-order valence-electron chi connectivity index (χ4n) is 2.54. The van der Waals surface area contributed by atoms with Gasteiger partial charge in [0.25, 0.3) is 11.5 Å². The number of alkyl halides is 3. The Bertz CT molecular complexity index is 1040. The minimum atomic E-state index is -4.75. The highest BCUT2D eigenvalue weighted by molar-refractivity contribution is 7.15. The third-order valence-electron chi connectivity index (χ3n) is 3.91. The number of methoxy groups -OCH3 is 1. The third-order valence-corrected chi connectivity index (χ3v) is 4.87. The molecule has 0 radical (unpaired) electrons. The van der Waals surface area contributed by atoms with Crippen molar-refractivity contribution in [2.45, 2.75) is 19.1 Å². The standard InChI is InChI=1S/C17H14F3N3O3S/c1-9-8-27-16-21-7-12(15(25)23(9)16)14(24)22-13(17(18,19)20)10-3-5-11(26-2)6-4-10/h3-8,13H,1-2H3,(H,22,24). The van der Waals surface area contributed by atoms with E-state index in [1.54, 1.807) is 12.3 Å². The SMILES string of the molecule is COc1ccc(C(NC(=O)c2cnc3scc(C)n3c2=O)C(F)(F)F)cc1. The van der Waals surface area contributed by atoms with Gasteiger partial charge in [-0.25, -0.2) is 4.98 Å². The van der Waals surface area contributed by atoms with E-state index in [0.29, 0.717) is 16.4 Å². The van der Waals surface area contributed by atoms with Crippen LogP contribution in [0.15, 0.2) is 40.6 Å². The average Bonchev–Trinajstić information content (AvgIpc) is 3.01. The maximum absolute atomic E-state index is 13.5. The van der Waals surface area contributed by atoms with Crippen LogP contribution < -0.4 is 15.6 Å². The summed E-state index contributed by atoms with van der Waals surface area (Å²) in [6.07, 6.45) is -3.76. The van der Waals surface area contributed by atoms with Crippen molar-refractivity contribution >= 4 is 22.2 Å². The van der Waals surface area contributed by atoms with Crippen LogP contribution in [0.25, 0.3) is 4.96 Å². The summed E-state index contributed by atoms with van der Waals surface area (Å²) in [6.45, 7) is 1.64. The number of nitrogens with one attached hydrogen (secondary N) is 1. The first-order valence-corrected chi connectivity index (χ1v) is 8.57. The van der Waals surface area contributed by atoms with Crippen LogP contribution in [0.4, 0.5) is 13.2 Å². The van der Waals surface area contributed by atoms with E-state index in [9.17, 15) is 22.8 Å². The van der Waals surface area contributed by atoms with E-state index < -0.39 is 29.2 Å². The summed E-state index contributed by atoms with van der Waals surface area (Å²) in [6, 6.07) is 2.84. The third kappa shape index (κ3) is 3.65. The fraction of sp³-hybridized carbons (Fsp3) is 0.235. The molecule has 1 atom stereocenters. The molecule has 1 N–H and O–H groups in total. The molecule has 1 aromatic carbocycles. The lowest BCUT2D eigenvalue weighted by molar-refractivity contribution is -0.155. The number of halogens is 3. The van der Waals surface area contributed by atoms with E-state index in [1.807, 2.05) is 5.32 Å². The van der Waals surface area contributed by atoms with Crippen LogP contribution in [0.5, 0.6) is 5.75 Å². The minimum absolute atomic E-state index is 0.183. The Morgan fingerprint density at radius 1 is 1.30 bits per heavy atom. The fourth-order valence-corrected chi connectivity index (χ4v) is 3.37. The van der Waals surface area contributed by atoms with Crippen molar-refractivity contribution in [2.24, 2.45) is 0 Å². The van der Waals surface area contributed by atoms with Gasteiger partial charge in [-0.2, -0.15) is 13.2 Å². The van der Waals surface area contributed by atoms with Gasteiger partial charge in [0.15, 0.2) is 11.0 Å². The summed E-state index contributed by atoms with van der Waals surface area (Å²) in [7, 11) is 1.39. The van der Waals surface area contributed by atoms with Crippen molar-refractivity contribution in [3.05, 3.63) is 63.0 Å². The van der Waals surface area contributed by atoms with Gasteiger partial charge in [-0.1, -0.05) is 12.1 Å².